The number of nitro benzene ring substituents is 2. The van der Waals surface area contributed by atoms with Crippen molar-refractivity contribution in [1.82, 2.24) is 9.55 Å². The van der Waals surface area contributed by atoms with E-state index in [0.717, 1.165) is 32.6 Å². The van der Waals surface area contributed by atoms with Gasteiger partial charge in [0.25, 0.3) is 11.4 Å². The third kappa shape index (κ3) is 3.19. The predicted molar refractivity (Wildman–Crippen MR) is 135 cm³/mol. The zero-order valence-electron chi connectivity index (χ0n) is 18.2. The molecule has 8 nitrogen and oxygen atoms in total. The molecule has 6 aromatic rings. The smallest absolute Gasteiger partial charge is 0.269 e. The molecule has 0 saturated heterocycles. The van der Waals surface area contributed by atoms with E-state index in [0.29, 0.717) is 17.1 Å². The van der Waals surface area contributed by atoms with Crippen LogP contribution >= 0.6 is 0 Å². The molecule has 0 aliphatic carbocycles. The summed E-state index contributed by atoms with van der Waals surface area (Å²) in [6, 6.07) is 28.7. The van der Waals surface area contributed by atoms with Crippen LogP contribution < -0.4 is 0 Å². The first-order valence-electron chi connectivity index (χ1n) is 10.8. The number of aromatic nitrogens is 2. The highest BCUT2D eigenvalue weighted by molar-refractivity contribution is 6.24. The zero-order valence-corrected chi connectivity index (χ0v) is 18.2. The molecule has 35 heavy (non-hydrogen) atoms. The maximum absolute atomic E-state index is 11.2. The van der Waals surface area contributed by atoms with Crippen LogP contribution in [0.25, 0.3) is 49.7 Å². The van der Waals surface area contributed by atoms with E-state index < -0.39 is 9.85 Å². The molecule has 0 fully saturated rings. The molecule has 0 bridgehead atoms. The molecular formula is C27H16N4O4. The Balaban J connectivity index is 1.76. The van der Waals surface area contributed by atoms with E-state index in [4.69, 9.17) is 4.98 Å². The number of rotatable bonds is 4. The van der Waals surface area contributed by atoms with Crippen LogP contribution in [0.3, 0.4) is 0 Å². The number of nitrogens with zero attached hydrogens (tertiary/aromatic N) is 4. The fourth-order valence-electron chi connectivity index (χ4n) is 4.61. The Morgan fingerprint density at radius 2 is 1.09 bits per heavy atom. The van der Waals surface area contributed by atoms with Gasteiger partial charge in [0.05, 0.1) is 20.9 Å². The van der Waals surface area contributed by atoms with E-state index in [-0.39, 0.29) is 11.4 Å². The molecule has 1 aromatic heterocycles. The van der Waals surface area contributed by atoms with Crippen LogP contribution in [0.2, 0.25) is 0 Å². The van der Waals surface area contributed by atoms with Gasteiger partial charge in [0.15, 0.2) is 0 Å². The SMILES string of the molecule is O=[N+]([O-])c1ccc(-c2nc3c4ccccc4c4ccccc4c3n2-c2ccc([N+](=O)[O-])cc2)cc1. The Kier molecular flexibility index (Phi) is 4.53. The minimum atomic E-state index is -0.440. The molecule has 0 aliphatic heterocycles. The van der Waals surface area contributed by atoms with Crippen molar-refractivity contribution in [3.63, 3.8) is 0 Å². The van der Waals surface area contributed by atoms with Crippen molar-refractivity contribution in [1.29, 1.82) is 0 Å². The Bertz CT molecular complexity index is 1790. The fourth-order valence-corrected chi connectivity index (χ4v) is 4.61. The molecule has 1 heterocycles. The standard InChI is InChI=1S/C27H16N4O4/c32-30(33)19-11-9-17(10-12-19)27-28-25-23-7-3-1-5-21(23)22-6-2-4-8-24(22)26(25)29(27)18-13-15-20(16-14-18)31(34)35/h1-16H. The first-order chi connectivity index (χ1) is 17.0. The molecule has 0 unspecified atom stereocenters. The second-order valence-corrected chi connectivity index (χ2v) is 8.14. The molecular weight excluding hydrogens is 444 g/mol. The largest absolute Gasteiger partial charge is 0.292 e. The minimum Gasteiger partial charge on any atom is -0.292 e. The lowest BCUT2D eigenvalue weighted by Gasteiger charge is -2.12. The molecule has 0 saturated carbocycles. The van der Waals surface area contributed by atoms with Gasteiger partial charge < -0.3 is 0 Å². The monoisotopic (exact) mass is 460 g/mol. The van der Waals surface area contributed by atoms with Gasteiger partial charge in [-0.05, 0) is 35.0 Å². The van der Waals surface area contributed by atoms with Crippen molar-refractivity contribution in [2.45, 2.75) is 0 Å². The van der Waals surface area contributed by atoms with E-state index in [1.807, 2.05) is 41.0 Å². The van der Waals surface area contributed by atoms with Crippen LogP contribution in [0.4, 0.5) is 11.4 Å². The second-order valence-electron chi connectivity index (χ2n) is 8.14. The van der Waals surface area contributed by atoms with Crippen LogP contribution in [0.1, 0.15) is 0 Å². The van der Waals surface area contributed by atoms with Gasteiger partial charge in [0.2, 0.25) is 0 Å². The summed E-state index contributed by atoms with van der Waals surface area (Å²) < 4.78 is 1.97. The molecule has 8 heteroatoms. The van der Waals surface area contributed by atoms with Crippen molar-refractivity contribution in [3.8, 4) is 17.1 Å². The summed E-state index contributed by atoms with van der Waals surface area (Å²) in [7, 11) is 0. The molecule has 0 N–H and O–H groups in total. The average Bonchev–Trinajstić information content (AvgIpc) is 3.30. The molecule has 5 aromatic carbocycles. The lowest BCUT2D eigenvalue weighted by atomic mass is 10.00. The van der Waals surface area contributed by atoms with E-state index in [1.54, 1.807) is 24.3 Å². The highest BCUT2D eigenvalue weighted by Gasteiger charge is 2.21. The lowest BCUT2D eigenvalue weighted by Crippen LogP contribution is -1.99. The van der Waals surface area contributed by atoms with Crippen molar-refractivity contribution >= 4 is 44.0 Å². The van der Waals surface area contributed by atoms with Gasteiger partial charge in [0.1, 0.15) is 5.82 Å². The quantitative estimate of drug-likeness (QED) is 0.163. The van der Waals surface area contributed by atoms with Gasteiger partial charge in [-0.25, -0.2) is 4.98 Å². The molecule has 168 valence electrons. The number of imidazole rings is 1. The summed E-state index contributed by atoms with van der Waals surface area (Å²) in [6.07, 6.45) is 0. The highest BCUT2D eigenvalue weighted by Crippen LogP contribution is 2.39. The van der Waals surface area contributed by atoms with Gasteiger partial charge in [0, 0.05) is 46.3 Å². The summed E-state index contributed by atoms with van der Waals surface area (Å²) in [5.41, 5.74) is 3.02. The maximum atomic E-state index is 11.2. The summed E-state index contributed by atoms with van der Waals surface area (Å²) in [5, 5.41) is 26.5. The van der Waals surface area contributed by atoms with Gasteiger partial charge >= 0.3 is 0 Å². The number of benzene rings is 5. The molecule has 6 rings (SSSR count). The van der Waals surface area contributed by atoms with E-state index in [9.17, 15) is 20.2 Å². The highest BCUT2D eigenvalue weighted by atomic mass is 16.6. The Hall–Kier alpha value is -5.11. The number of hydrogen-bond donors (Lipinski definition) is 0. The van der Waals surface area contributed by atoms with E-state index >= 15 is 0 Å². The van der Waals surface area contributed by atoms with Gasteiger partial charge in [-0.2, -0.15) is 0 Å². The number of hydrogen-bond acceptors (Lipinski definition) is 5. The van der Waals surface area contributed by atoms with Crippen LogP contribution in [0.15, 0.2) is 97.1 Å². The van der Waals surface area contributed by atoms with Gasteiger partial charge in [-0.15, -0.1) is 0 Å². The first-order valence-corrected chi connectivity index (χ1v) is 10.8. The topological polar surface area (TPSA) is 104 Å². The Morgan fingerprint density at radius 1 is 0.600 bits per heavy atom. The Labute approximate surface area is 198 Å². The third-order valence-corrected chi connectivity index (χ3v) is 6.19. The number of fused-ring (bicyclic) bond motifs is 6. The molecule has 0 atom stereocenters. The maximum Gasteiger partial charge on any atom is 0.269 e. The van der Waals surface area contributed by atoms with Crippen molar-refractivity contribution < 1.29 is 9.85 Å². The number of non-ortho nitro benzene ring substituents is 2. The normalized spacial score (nSPS) is 11.3. The van der Waals surface area contributed by atoms with Crippen LogP contribution in [0.5, 0.6) is 0 Å². The lowest BCUT2D eigenvalue weighted by molar-refractivity contribution is -0.385. The zero-order chi connectivity index (χ0) is 24.1. The first kappa shape index (κ1) is 20.5. The van der Waals surface area contributed by atoms with Crippen LogP contribution in [0, 0.1) is 20.2 Å². The predicted octanol–water partition coefficient (Wildman–Crippen LogP) is 6.82. The van der Waals surface area contributed by atoms with E-state index in [1.165, 1.54) is 24.3 Å². The van der Waals surface area contributed by atoms with Crippen molar-refractivity contribution in [3.05, 3.63) is 117 Å². The van der Waals surface area contributed by atoms with E-state index in [2.05, 4.69) is 12.1 Å². The van der Waals surface area contributed by atoms with Crippen molar-refractivity contribution in [2.24, 2.45) is 0 Å². The summed E-state index contributed by atoms with van der Waals surface area (Å²) >= 11 is 0. The van der Waals surface area contributed by atoms with Crippen molar-refractivity contribution in [2.75, 3.05) is 0 Å². The van der Waals surface area contributed by atoms with Gasteiger partial charge in [-0.1, -0.05) is 48.5 Å². The van der Waals surface area contributed by atoms with Gasteiger partial charge in [-0.3, -0.25) is 24.8 Å². The fraction of sp³-hybridized carbons (Fsp3) is 0. The van der Waals surface area contributed by atoms with Crippen LogP contribution in [-0.2, 0) is 0 Å². The van der Waals surface area contributed by atoms with Crippen LogP contribution in [-0.4, -0.2) is 19.4 Å². The molecule has 0 spiro atoms. The average molecular weight is 460 g/mol. The number of nitro groups is 2. The third-order valence-electron chi connectivity index (χ3n) is 6.19. The molecule has 0 aliphatic rings. The summed E-state index contributed by atoms with van der Waals surface area (Å²) in [4.78, 5) is 26.6. The summed E-state index contributed by atoms with van der Waals surface area (Å²) in [6.45, 7) is 0. The Morgan fingerprint density at radius 3 is 1.66 bits per heavy atom. The molecule has 0 radical (unpaired) electrons. The molecule has 0 amide bonds. The second kappa shape index (κ2) is 7.74. The summed E-state index contributed by atoms with van der Waals surface area (Å²) in [5.74, 6) is 0.588. The minimum absolute atomic E-state index is 0.00892.